The molecule has 7 heteroatoms. The van der Waals surface area contributed by atoms with Gasteiger partial charge in [-0.15, -0.1) is 0 Å². The van der Waals surface area contributed by atoms with Crippen molar-refractivity contribution in [1.82, 2.24) is 15.0 Å². The number of cyclic esters (lactones) is 1. The molecule has 0 radical (unpaired) electrons. The van der Waals surface area contributed by atoms with Gasteiger partial charge in [0.25, 0.3) is 5.91 Å². The fourth-order valence-electron chi connectivity index (χ4n) is 3.33. The van der Waals surface area contributed by atoms with Crippen LogP contribution in [0.1, 0.15) is 41.6 Å². The summed E-state index contributed by atoms with van der Waals surface area (Å²) in [7, 11) is 0. The summed E-state index contributed by atoms with van der Waals surface area (Å²) in [5, 5.41) is 3.84. The lowest BCUT2D eigenvalue weighted by molar-refractivity contribution is 0.0639. The number of carbonyl (C=O) groups is 2. The molecule has 2 aliphatic rings. The van der Waals surface area contributed by atoms with Crippen LogP contribution < -0.4 is 0 Å². The van der Waals surface area contributed by atoms with Gasteiger partial charge in [-0.3, -0.25) is 9.69 Å². The number of hydrogen-bond donors (Lipinski definition) is 0. The van der Waals surface area contributed by atoms with Crippen LogP contribution in [0, 0.1) is 13.8 Å². The number of aryl methyl sites for hydroxylation is 2. The van der Waals surface area contributed by atoms with E-state index in [4.69, 9.17) is 9.26 Å². The van der Waals surface area contributed by atoms with Crippen LogP contribution in [-0.4, -0.2) is 58.7 Å². The molecule has 0 bridgehead atoms. The first kappa shape index (κ1) is 14.9. The van der Waals surface area contributed by atoms with E-state index in [1.54, 1.807) is 13.8 Å². The quantitative estimate of drug-likeness (QED) is 0.832. The highest BCUT2D eigenvalue weighted by Gasteiger charge is 2.38. The van der Waals surface area contributed by atoms with Crippen molar-refractivity contribution in [2.75, 3.05) is 19.7 Å². The first-order valence-electron chi connectivity index (χ1n) is 7.66. The number of nitrogens with zero attached hydrogens (tertiary/aromatic N) is 3. The Morgan fingerprint density at radius 2 is 1.95 bits per heavy atom. The number of likely N-dealkylation sites (tertiary alicyclic amines) is 1. The number of ether oxygens (including phenoxy) is 1. The zero-order chi connectivity index (χ0) is 15.9. The normalized spacial score (nSPS) is 23.0. The monoisotopic (exact) mass is 307 g/mol. The highest BCUT2D eigenvalue weighted by atomic mass is 16.6. The van der Waals surface area contributed by atoms with E-state index >= 15 is 0 Å². The first-order valence-corrected chi connectivity index (χ1v) is 7.66. The largest absolute Gasteiger partial charge is 0.447 e. The summed E-state index contributed by atoms with van der Waals surface area (Å²) in [6.07, 6.45) is 1.31. The van der Waals surface area contributed by atoms with Crippen LogP contribution in [0.3, 0.4) is 0 Å². The van der Waals surface area contributed by atoms with Crippen LogP contribution in [0.2, 0.25) is 0 Å². The van der Waals surface area contributed by atoms with Gasteiger partial charge < -0.3 is 14.2 Å². The van der Waals surface area contributed by atoms with Crippen LogP contribution in [0.5, 0.6) is 0 Å². The molecule has 2 aliphatic heterocycles. The minimum absolute atomic E-state index is 0.0354. The standard InChI is InChI=1S/C15H21N3O4/c1-9-8-21-15(20)18(9)12-4-6-17(7-5-12)14(19)13-10(2)16-22-11(13)3/h9,12H,4-8H2,1-3H3. The predicted molar refractivity (Wildman–Crippen MR) is 77.6 cm³/mol. The maximum Gasteiger partial charge on any atom is 0.410 e. The van der Waals surface area contributed by atoms with E-state index in [0.29, 0.717) is 36.7 Å². The van der Waals surface area contributed by atoms with Crippen LogP contribution in [0.4, 0.5) is 4.79 Å². The summed E-state index contributed by atoms with van der Waals surface area (Å²) in [5.74, 6) is 0.521. The highest BCUT2D eigenvalue weighted by Crippen LogP contribution is 2.25. The molecule has 2 fully saturated rings. The summed E-state index contributed by atoms with van der Waals surface area (Å²) < 4.78 is 10.2. The molecule has 0 N–H and O–H groups in total. The molecular weight excluding hydrogens is 286 g/mol. The van der Waals surface area contributed by atoms with Crippen molar-refractivity contribution in [3.63, 3.8) is 0 Å². The summed E-state index contributed by atoms with van der Waals surface area (Å²) in [6, 6.07) is 0.265. The molecule has 2 amide bonds. The fourth-order valence-corrected chi connectivity index (χ4v) is 3.33. The lowest BCUT2D eigenvalue weighted by atomic mass is 10.0. The van der Waals surface area contributed by atoms with Crippen LogP contribution >= 0.6 is 0 Å². The SMILES string of the molecule is Cc1noc(C)c1C(=O)N1CCC(N2C(=O)OCC2C)CC1. The Hall–Kier alpha value is -2.05. The van der Waals surface area contributed by atoms with E-state index < -0.39 is 0 Å². The third-order valence-electron chi connectivity index (χ3n) is 4.53. The second-order valence-corrected chi connectivity index (χ2v) is 6.06. The number of carbonyl (C=O) groups excluding carboxylic acids is 2. The summed E-state index contributed by atoms with van der Waals surface area (Å²) in [5.41, 5.74) is 1.19. The molecule has 3 rings (SSSR count). The van der Waals surface area contributed by atoms with Crippen molar-refractivity contribution in [1.29, 1.82) is 0 Å². The molecule has 22 heavy (non-hydrogen) atoms. The molecule has 7 nitrogen and oxygen atoms in total. The second-order valence-electron chi connectivity index (χ2n) is 6.06. The Labute approximate surface area is 129 Å². The van der Waals surface area contributed by atoms with Gasteiger partial charge in [-0.2, -0.15) is 0 Å². The molecule has 1 unspecified atom stereocenters. The lowest BCUT2D eigenvalue weighted by Gasteiger charge is -2.37. The van der Waals surface area contributed by atoms with E-state index in [1.807, 2.05) is 16.7 Å². The average Bonchev–Trinajstić information content (AvgIpc) is 3.01. The Morgan fingerprint density at radius 3 is 2.45 bits per heavy atom. The topological polar surface area (TPSA) is 75.9 Å². The minimum atomic E-state index is -0.233. The van der Waals surface area contributed by atoms with Gasteiger partial charge in [-0.05, 0) is 33.6 Å². The predicted octanol–water partition coefficient (Wildman–Crippen LogP) is 1.74. The van der Waals surface area contributed by atoms with Gasteiger partial charge in [-0.25, -0.2) is 4.79 Å². The van der Waals surface area contributed by atoms with Gasteiger partial charge >= 0.3 is 6.09 Å². The van der Waals surface area contributed by atoms with Crippen molar-refractivity contribution in [2.45, 2.75) is 45.7 Å². The maximum atomic E-state index is 12.6. The Balaban J connectivity index is 1.65. The summed E-state index contributed by atoms with van der Waals surface area (Å²) in [6.45, 7) is 7.23. The molecule has 1 atom stereocenters. The van der Waals surface area contributed by atoms with Crippen molar-refractivity contribution in [2.24, 2.45) is 0 Å². The van der Waals surface area contributed by atoms with Crippen molar-refractivity contribution in [3.05, 3.63) is 17.0 Å². The Bertz CT molecular complexity index is 570. The van der Waals surface area contributed by atoms with E-state index in [0.717, 1.165) is 12.8 Å². The van der Waals surface area contributed by atoms with Gasteiger partial charge in [-0.1, -0.05) is 5.16 Å². The van der Waals surface area contributed by atoms with E-state index in [-0.39, 0.29) is 24.1 Å². The minimum Gasteiger partial charge on any atom is -0.447 e. The third kappa shape index (κ3) is 2.44. The molecule has 2 saturated heterocycles. The molecule has 0 spiro atoms. The number of rotatable bonds is 2. The molecular formula is C15H21N3O4. The Morgan fingerprint density at radius 1 is 1.27 bits per heavy atom. The first-order chi connectivity index (χ1) is 10.5. The van der Waals surface area contributed by atoms with Gasteiger partial charge in [0.05, 0.1) is 11.7 Å². The van der Waals surface area contributed by atoms with E-state index in [9.17, 15) is 9.59 Å². The molecule has 0 saturated carbocycles. The fraction of sp³-hybridized carbons (Fsp3) is 0.667. The van der Waals surface area contributed by atoms with Crippen LogP contribution in [0.25, 0.3) is 0 Å². The zero-order valence-corrected chi connectivity index (χ0v) is 13.2. The highest BCUT2D eigenvalue weighted by molar-refractivity contribution is 5.96. The average molecular weight is 307 g/mol. The van der Waals surface area contributed by atoms with E-state index in [2.05, 4.69) is 5.16 Å². The smallest absolute Gasteiger partial charge is 0.410 e. The second kappa shape index (κ2) is 5.62. The number of amides is 2. The molecule has 3 heterocycles. The molecule has 1 aromatic rings. The van der Waals surface area contributed by atoms with Gasteiger partial charge in [0, 0.05) is 19.1 Å². The number of hydrogen-bond acceptors (Lipinski definition) is 5. The summed E-state index contributed by atoms with van der Waals surface area (Å²) >= 11 is 0. The van der Waals surface area contributed by atoms with Gasteiger partial charge in [0.15, 0.2) is 0 Å². The lowest BCUT2D eigenvalue weighted by Crippen LogP contribution is -2.49. The molecule has 120 valence electrons. The molecule has 1 aromatic heterocycles. The number of aromatic nitrogens is 1. The van der Waals surface area contributed by atoms with E-state index in [1.165, 1.54) is 0 Å². The number of piperidine rings is 1. The van der Waals surface area contributed by atoms with Gasteiger partial charge in [0.1, 0.15) is 17.9 Å². The molecule has 0 aliphatic carbocycles. The van der Waals surface area contributed by atoms with Crippen LogP contribution in [0.15, 0.2) is 4.52 Å². The van der Waals surface area contributed by atoms with Crippen molar-refractivity contribution in [3.8, 4) is 0 Å². The third-order valence-corrected chi connectivity index (χ3v) is 4.53. The Kier molecular flexibility index (Phi) is 3.80. The molecule has 0 aromatic carbocycles. The maximum absolute atomic E-state index is 12.6. The van der Waals surface area contributed by atoms with Crippen LogP contribution in [-0.2, 0) is 4.74 Å². The van der Waals surface area contributed by atoms with Gasteiger partial charge in [0.2, 0.25) is 0 Å². The summed E-state index contributed by atoms with van der Waals surface area (Å²) in [4.78, 5) is 28.0. The van der Waals surface area contributed by atoms with Crippen molar-refractivity contribution < 1.29 is 18.8 Å². The zero-order valence-electron chi connectivity index (χ0n) is 13.2. The van der Waals surface area contributed by atoms with Crippen molar-refractivity contribution >= 4 is 12.0 Å².